The average Bonchev–Trinajstić information content (AvgIpc) is 2.09. The molecule has 2 atom stereocenters. The number of hydrogen-bond donors (Lipinski definition) is 0. The van der Waals surface area contributed by atoms with E-state index >= 15 is 0 Å². The van der Waals surface area contributed by atoms with Crippen molar-refractivity contribution < 1.29 is 4.79 Å². The number of ketones is 1. The van der Waals surface area contributed by atoms with Gasteiger partial charge in [-0.05, 0) is 37.5 Å². The topological polar surface area (TPSA) is 17.1 Å². The van der Waals surface area contributed by atoms with Crippen LogP contribution in [-0.4, -0.2) is 5.78 Å². The lowest BCUT2D eigenvalue weighted by atomic mass is 9.60. The SMILES string of the molecule is CC1=CCC[C@H]2CC(=O)CC[C@]12C. The maximum Gasteiger partial charge on any atom is 0.133 e. The zero-order valence-electron chi connectivity index (χ0n) is 8.60. The number of fused-ring (bicyclic) bond motifs is 1. The van der Waals surface area contributed by atoms with E-state index in [1.165, 1.54) is 18.4 Å². The molecule has 1 nitrogen and oxygen atoms in total. The Morgan fingerprint density at radius 2 is 2.31 bits per heavy atom. The van der Waals surface area contributed by atoms with Gasteiger partial charge in [-0.1, -0.05) is 18.6 Å². The van der Waals surface area contributed by atoms with Gasteiger partial charge in [0.05, 0.1) is 0 Å². The molecule has 2 aliphatic carbocycles. The number of hydrogen-bond acceptors (Lipinski definition) is 1. The molecular formula is C12H18O. The molecule has 0 bridgehead atoms. The van der Waals surface area contributed by atoms with Crippen molar-refractivity contribution in [1.29, 1.82) is 0 Å². The summed E-state index contributed by atoms with van der Waals surface area (Å²) in [5.41, 5.74) is 1.88. The van der Waals surface area contributed by atoms with Crippen LogP contribution in [0.4, 0.5) is 0 Å². The molecule has 1 saturated carbocycles. The summed E-state index contributed by atoms with van der Waals surface area (Å²) < 4.78 is 0. The van der Waals surface area contributed by atoms with Crippen LogP contribution in [0.25, 0.3) is 0 Å². The Balaban J connectivity index is 2.27. The third kappa shape index (κ3) is 1.34. The van der Waals surface area contributed by atoms with Gasteiger partial charge < -0.3 is 0 Å². The van der Waals surface area contributed by atoms with Crippen molar-refractivity contribution in [3.05, 3.63) is 11.6 Å². The number of Topliss-reactive ketones (excluding diaryl/α,β-unsaturated/α-hetero) is 1. The molecule has 0 aromatic rings. The average molecular weight is 178 g/mol. The van der Waals surface area contributed by atoms with Gasteiger partial charge in [-0.3, -0.25) is 4.79 Å². The van der Waals surface area contributed by atoms with E-state index in [4.69, 9.17) is 0 Å². The molecule has 0 aromatic carbocycles. The summed E-state index contributed by atoms with van der Waals surface area (Å²) in [4.78, 5) is 11.3. The first-order valence-corrected chi connectivity index (χ1v) is 5.32. The fourth-order valence-electron chi connectivity index (χ4n) is 2.88. The van der Waals surface area contributed by atoms with Crippen LogP contribution in [0, 0.1) is 11.3 Å². The van der Waals surface area contributed by atoms with E-state index in [1.54, 1.807) is 0 Å². The standard InChI is InChI=1S/C12H18O/c1-9-4-3-5-10-8-11(13)6-7-12(9,10)2/h4,10H,3,5-8H2,1-2H3/t10-,12+/m0/s1. The molecule has 0 heterocycles. The highest BCUT2D eigenvalue weighted by Crippen LogP contribution is 2.49. The summed E-state index contributed by atoms with van der Waals surface area (Å²) in [7, 11) is 0. The van der Waals surface area contributed by atoms with Gasteiger partial charge in [0, 0.05) is 12.8 Å². The van der Waals surface area contributed by atoms with E-state index in [2.05, 4.69) is 19.9 Å². The molecule has 0 aliphatic heterocycles. The third-order valence-electron chi connectivity index (χ3n) is 4.16. The zero-order valence-corrected chi connectivity index (χ0v) is 8.60. The lowest BCUT2D eigenvalue weighted by Crippen LogP contribution is -2.37. The van der Waals surface area contributed by atoms with Crippen LogP contribution < -0.4 is 0 Å². The van der Waals surface area contributed by atoms with Crippen molar-refractivity contribution in [1.82, 2.24) is 0 Å². The molecule has 0 spiro atoms. The van der Waals surface area contributed by atoms with Crippen LogP contribution in [0.3, 0.4) is 0 Å². The molecule has 72 valence electrons. The summed E-state index contributed by atoms with van der Waals surface area (Å²) in [6, 6.07) is 0. The lowest BCUT2D eigenvalue weighted by molar-refractivity contribution is -0.124. The molecule has 2 rings (SSSR count). The van der Waals surface area contributed by atoms with Crippen LogP contribution in [0.1, 0.15) is 46.0 Å². The van der Waals surface area contributed by atoms with Gasteiger partial charge in [-0.25, -0.2) is 0 Å². The minimum Gasteiger partial charge on any atom is -0.300 e. The van der Waals surface area contributed by atoms with E-state index in [0.29, 0.717) is 17.1 Å². The number of carbonyl (C=O) groups excluding carboxylic acids is 1. The monoisotopic (exact) mass is 178 g/mol. The minimum absolute atomic E-state index is 0.353. The van der Waals surface area contributed by atoms with E-state index in [9.17, 15) is 4.79 Å². The Morgan fingerprint density at radius 3 is 3.08 bits per heavy atom. The van der Waals surface area contributed by atoms with Gasteiger partial charge >= 0.3 is 0 Å². The van der Waals surface area contributed by atoms with Gasteiger partial charge in [-0.15, -0.1) is 0 Å². The molecule has 0 saturated heterocycles. The van der Waals surface area contributed by atoms with Crippen molar-refractivity contribution in [2.75, 3.05) is 0 Å². The minimum atomic E-state index is 0.353. The number of carbonyl (C=O) groups is 1. The maximum atomic E-state index is 11.3. The first-order chi connectivity index (χ1) is 6.13. The molecule has 0 unspecified atom stereocenters. The van der Waals surface area contributed by atoms with Crippen molar-refractivity contribution in [2.24, 2.45) is 11.3 Å². The van der Waals surface area contributed by atoms with Crippen LogP contribution in [0.5, 0.6) is 0 Å². The summed E-state index contributed by atoms with van der Waals surface area (Å²) in [5, 5.41) is 0. The molecule has 13 heavy (non-hydrogen) atoms. The molecule has 2 aliphatic rings. The zero-order chi connectivity index (χ0) is 9.47. The van der Waals surface area contributed by atoms with E-state index in [-0.39, 0.29) is 0 Å². The van der Waals surface area contributed by atoms with Gasteiger partial charge in [0.2, 0.25) is 0 Å². The lowest BCUT2D eigenvalue weighted by Gasteiger charge is -2.44. The fraction of sp³-hybridized carbons (Fsp3) is 0.750. The van der Waals surface area contributed by atoms with Crippen molar-refractivity contribution >= 4 is 5.78 Å². The van der Waals surface area contributed by atoms with E-state index in [0.717, 1.165) is 19.3 Å². The largest absolute Gasteiger partial charge is 0.300 e. The molecular weight excluding hydrogens is 160 g/mol. The Hall–Kier alpha value is -0.590. The summed E-state index contributed by atoms with van der Waals surface area (Å²) in [6.07, 6.45) is 7.49. The van der Waals surface area contributed by atoms with Gasteiger partial charge in [0.25, 0.3) is 0 Å². The predicted octanol–water partition coefficient (Wildman–Crippen LogP) is 3.10. The smallest absolute Gasteiger partial charge is 0.133 e. The van der Waals surface area contributed by atoms with Gasteiger partial charge in [-0.2, -0.15) is 0 Å². The van der Waals surface area contributed by atoms with Crippen molar-refractivity contribution in [3.63, 3.8) is 0 Å². The maximum absolute atomic E-state index is 11.3. The highest BCUT2D eigenvalue weighted by atomic mass is 16.1. The van der Waals surface area contributed by atoms with Crippen LogP contribution in [0.2, 0.25) is 0 Å². The predicted molar refractivity (Wildman–Crippen MR) is 53.4 cm³/mol. The first kappa shape index (κ1) is 8.98. The highest BCUT2D eigenvalue weighted by molar-refractivity contribution is 5.80. The Kier molecular flexibility index (Phi) is 2.05. The fourth-order valence-corrected chi connectivity index (χ4v) is 2.88. The molecule has 1 heteroatoms. The third-order valence-corrected chi connectivity index (χ3v) is 4.16. The van der Waals surface area contributed by atoms with Gasteiger partial charge in [0.1, 0.15) is 5.78 Å². The quantitative estimate of drug-likeness (QED) is 0.521. The Labute approximate surface area is 80.2 Å². The summed E-state index contributed by atoms with van der Waals surface area (Å²) >= 11 is 0. The number of allylic oxidation sites excluding steroid dienone is 2. The molecule has 1 fully saturated rings. The molecule has 0 amide bonds. The molecule has 0 radical (unpaired) electrons. The highest BCUT2D eigenvalue weighted by Gasteiger charge is 2.41. The molecule has 0 aromatic heterocycles. The second-order valence-electron chi connectivity index (χ2n) is 4.82. The number of rotatable bonds is 0. The van der Waals surface area contributed by atoms with Crippen molar-refractivity contribution in [2.45, 2.75) is 46.0 Å². The Morgan fingerprint density at radius 1 is 1.54 bits per heavy atom. The Bertz CT molecular complexity index is 264. The van der Waals surface area contributed by atoms with E-state index in [1.807, 2.05) is 0 Å². The summed E-state index contributed by atoms with van der Waals surface area (Å²) in [6.45, 7) is 4.58. The molecule has 0 N–H and O–H groups in total. The second-order valence-corrected chi connectivity index (χ2v) is 4.82. The van der Waals surface area contributed by atoms with E-state index < -0.39 is 0 Å². The normalized spacial score (nSPS) is 39.7. The van der Waals surface area contributed by atoms with Crippen molar-refractivity contribution in [3.8, 4) is 0 Å². The summed E-state index contributed by atoms with van der Waals surface area (Å²) in [5.74, 6) is 1.12. The van der Waals surface area contributed by atoms with Crippen LogP contribution >= 0.6 is 0 Å². The van der Waals surface area contributed by atoms with Gasteiger partial charge in [0.15, 0.2) is 0 Å². The second kappa shape index (κ2) is 2.97. The van der Waals surface area contributed by atoms with Crippen LogP contribution in [0.15, 0.2) is 11.6 Å². The van der Waals surface area contributed by atoms with Crippen LogP contribution in [-0.2, 0) is 4.79 Å². The first-order valence-electron chi connectivity index (χ1n) is 5.32.